The van der Waals surface area contributed by atoms with Crippen LogP contribution in [-0.4, -0.2) is 42.3 Å². The average molecular weight is 381 g/mol. The first-order valence-corrected chi connectivity index (χ1v) is 9.17. The van der Waals surface area contributed by atoms with Crippen LogP contribution in [0.5, 0.6) is 0 Å². The fourth-order valence-electron chi connectivity index (χ4n) is 2.83. The third-order valence-corrected chi connectivity index (χ3v) is 4.63. The molecule has 0 aliphatic carbocycles. The van der Waals surface area contributed by atoms with Crippen molar-refractivity contribution in [2.75, 3.05) is 18.9 Å². The zero-order chi connectivity index (χ0) is 20.8. The molecule has 3 amide bonds. The summed E-state index contributed by atoms with van der Waals surface area (Å²) in [5.41, 5.74) is 4.26. The second-order valence-corrected chi connectivity index (χ2v) is 7.05. The Morgan fingerprint density at radius 1 is 1.04 bits per heavy atom. The van der Waals surface area contributed by atoms with E-state index < -0.39 is 6.04 Å². The molecule has 0 radical (unpaired) electrons. The van der Waals surface area contributed by atoms with Gasteiger partial charge in [-0.2, -0.15) is 0 Å². The monoisotopic (exact) mass is 381 g/mol. The number of hydrogen-bond donors (Lipinski definition) is 2. The highest BCUT2D eigenvalue weighted by Crippen LogP contribution is 2.17. The minimum absolute atomic E-state index is 0.100. The third kappa shape index (κ3) is 5.42. The van der Waals surface area contributed by atoms with E-state index in [0.717, 1.165) is 22.4 Å². The second kappa shape index (κ2) is 9.17. The van der Waals surface area contributed by atoms with E-state index in [2.05, 4.69) is 10.6 Å². The van der Waals surface area contributed by atoms with Crippen molar-refractivity contribution in [3.63, 3.8) is 0 Å². The van der Waals surface area contributed by atoms with Crippen LogP contribution >= 0.6 is 0 Å². The minimum atomic E-state index is -0.744. The van der Waals surface area contributed by atoms with Gasteiger partial charge in [-0.25, -0.2) is 0 Å². The number of benzene rings is 2. The second-order valence-electron chi connectivity index (χ2n) is 7.05. The Hall–Kier alpha value is -3.15. The molecule has 0 aliphatic rings. The van der Waals surface area contributed by atoms with E-state index in [9.17, 15) is 14.4 Å². The Balaban J connectivity index is 1.92. The summed E-state index contributed by atoms with van der Waals surface area (Å²) in [6.45, 7) is 7.31. The van der Waals surface area contributed by atoms with Crippen molar-refractivity contribution in [3.05, 3.63) is 64.7 Å². The van der Waals surface area contributed by atoms with E-state index in [1.165, 1.54) is 4.90 Å². The molecule has 1 unspecified atom stereocenters. The molecule has 0 bridgehead atoms. The number of anilines is 1. The lowest BCUT2D eigenvalue weighted by Crippen LogP contribution is -2.47. The van der Waals surface area contributed by atoms with Crippen LogP contribution in [0.4, 0.5) is 5.69 Å². The van der Waals surface area contributed by atoms with Gasteiger partial charge in [0, 0.05) is 18.3 Å². The predicted octanol–water partition coefficient (Wildman–Crippen LogP) is 2.83. The normalized spacial score (nSPS) is 11.5. The van der Waals surface area contributed by atoms with Gasteiger partial charge in [0.05, 0.1) is 6.54 Å². The summed E-state index contributed by atoms with van der Waals surface area (Å²) in [4.78, 5) is 38.4. The van der Waals surface area contributed by atoms with E-state index in [-0.39, 0.29) is 24.3 Å². The van der Waals surface area contributed by atoms with Gasteiger partial charge in [0.1, 0.15) is 6.04 Å². The maximum atomic E-state index is 12.5. The van der Waals surface area contributed by atoms with E-state index in [1.807, 2.05) is 45.0 Å². The average Bonchev–Trinajstić information content (AvgIpc) is 2.64. The summed E-state index contributed by atoms with van der Waals surface area (Å²) in [5, 5.41) is 5.51. The fraction of sp³-hybridized carbons (Fsp3) is 0.318. The number of carbonyl (C=O) groups is 3. The number of carbonyl (C=O) groups excluding carboxylic acids is 3. The lowest BCUT2D eigenvalue weighted by Gasteiger charge is -2.22. The maximum Gasteiger partial charge on any atom is 0.251 e. The lowest BCUT2D eigenvalue weighted by molar-refractivity contribution is -0.134. The summed E-state index contributed by atoms with van der Waals surface area (Å²) in [7, 11) is 1.54. The van der Waals surface area contributed by atoms with Crippen molar-refractivity contribution in [2.45, 2.75) is 33.7 Å². The van der Waals surface area contributed by atoms with Gasteiger partial charge < -0.3 is 15.5 Å². The quantitative estimate of drug-likeness (QED) is 0.808. The molecule has 0 spiro atoms. The molecular weight excluding hydrogens is 354 g/mol. The van der Waals surface area contributed by atoms with Crippen molar-refractivity contribution in [2.24, 2.45) is 0 Å². The number of likely N-dealkylation sites (N-methyl/N-ethyl adjacent to an activating group) is 1. The van der Waals surface area contributed by atoms with Crippen molar-refractivity contribution >= 4 is 23.4 Å². The molecule has 0 heterocycles. The Morgan fingerprint density at radius 3 is 2.39 bits per heavy atom. The lowest BCUT2D eigenvalue weighted by atomic mass is 10.1. The highest BCUT2D eigenvalue weighted by molar-refractivity contribution is 5.99. The number of aryl methyl sites for hydroxylation is 2. The van der Waals surface area contributed by atoms with Gasteiger partial charge in [-0.05, 0) is 57.0 Å². The summed E-state index contributed by atoms with van der Waals surface area (Å²) in [6, 6.07) is 12.1. The van der Waals surface area contributed by atoms with Gasteiger partial charge in [-0.1, -0.05) is 29.8 Å². The van der Waals surface area contributed by atoms with Gasteiger partial charge in [-0.3, -0.25) is 14.4 Å². The Bertz CT molecular complexity index is 892. The van der Waals surface area contributed by atoms with Crippen LogP contribution in [0.25, 0.3) is 0 Å². The summed E-state index contributed by atoms with van der Waals surface area (Å²) < 4.78 is 0. The standard InChI is InChI=1S/C22H27N3O3/c1-14-8-6-10-18(12-14)21(27)23-17(4)22(28)25(5)13-20(26)24-19-11-7-9-15(2)16(19)3/h6-12,17H,13H2,1-5H3,(H,23,27)(H,24,26). The molecule has 6 heteroatoms. The van der Waals surface area contributed by atoms with Crippen LogP contribution in [0.15, 0.2) is 42.5 Å². The number of amides is 3. The number of rotatable bonds is 6. The topological polar surface area (TPSA) is 78.5 Å². The number of nitrogens with zero attached hydrogens (tertiary/aromatic N) is 1. The first-order valence-electron chi connectivity index (χ1n) is 9.17. The van der Waals surface area contributed by atoms with E-state index >= 15 is 0 Å². The van der Waals surface area contributed by atoms with E-state index in [0.29, 0.717) is 5.56 Å². The fourth-order valence-corrected chi connectivity index (χ4v) is 2.83. The molecule has 2 N–H and O–H groups in total. The van der Waals surface area contributed by atoms with Crippen LogP contribution in [-0.2, 0) is 9.59 Å². The molecule has 2 aromatic rings. The van der Waals surface area contributed by atoms with Crippen molar-refractivity contribution < 1.29 is 14.4 Å². The van der Waals surface area contributed by atoms with Gasteiger partial charge in [-0.15, -0.1) is 0 Å². The third-order valence-electron chi connectivity index (χ3n) is 4.63. The molecule has 0 aliphatic heterocycles. The van der Waals surface area contributed by atoms with Crippen molar-refractivity contribution in [1.29, 1.82) is 0 Å². The van der Waals surface area contributed by atoms with Gasteiger partial charge in [0.25, 0.3) is 5.91 Å². The SMILES string of the molecule is Cc1cccc(C(=O)NC(C)C(=O)N(C)CC(=O)Nc2cccc(C)c2C)c1. The summed E-state index contributed by atoms with van der Waals surface area (Å²) >= 11 is 0. The zero-order valence-corrected chi connectivity index (χ0v) is 17.0. The summed E-state index contributed by atoms with van der Waals surface area (Å²) in [5.74, 6) is -0.948. The molecular formula is C22H27N3O3. The maximum absolute atomic E-state index is 12.5. The molecule has 148 valence electrons. The van der Waals surface area contributed by atoms with Gasteiger partial charge >= 0.3 is 0 Å². The van der Waals surface area contributed by atoms with Crippen LogP contribution in [0, 0.1) is 20.8 Å². The van der Waals surface area contributed by atoms with E-state index in [1.54, 1.807) is 32.2 Å². The number of hydrogen-bond acceptors (Lipinski definition) is 3. The van der Waals surface area contributed by atoms with Gasteiger partial charge in [0.15, 0.2) is 0 Å². The van der Waals surface area contributed by atoms with Crippen LogP contribution < -0.4 is 10.6 Å². The molecule has 2 rings (SSSR count). The summed E-state index contributed by atoms with van der Waals surface area (Å²) in [6.07, 6.45) is 0. The Labute approximate surface area is 165 Å². The van der Waals surface area contributed by atoms with Crippen molar-refractivity contribution in [3.8, 4) is 0 Å². The van der Waals surface area contributed by atoms with Crippen LogP contribution in [0.2, 0.25) is 0 Å². The molecule has 0 fully saturated rings. The molecule has 0 saturated carbocycles. The molecule has 28 heavy (non-hydrogen) atoms. The zero-order valence-electron chi connectivity index (χ0n) is 17.0. The number of nitrogens with one attached hydrogen (secondary N) is 2. The Kier molecular flexibility index (Phi) is 6.93. The van der Waals surface area contributed by atoms with Crippen LogP contribution in [0.3, 0.4) is 0 Å². The smallest absolute Gasteiger partial charge is 0.251 e. The molecule has 0 saturated heterocycles. The predicted molar refractivity (Wildman–Crippen MR) is 110 cm³/mol. The van der Waals surface area contributed by atoms with E-state index in [4.69, 9.17) is 0 Å². The first kappa shape index (κ1) is 21.2. The highest BCUT2D eigenvalue weighted by atomic mass is 16.2. The minimum Gasteiger partial charge on any atom is -0.341 e. The Morgan fingerprint density at radius 2 is 1.71 bits per heavy atom. The highest BCUT2D eigenvalue weighted by Gasteiger charge is 2.22. The molecule has 6 nitrogen and oxygen atoms in total. The molecule has 1 atom stereocenters. The first-order chi connectivity index (χ1) is 13.2. The molecule has 0 aromatic heterocycles. The van der Waals surface area contributed by atoms with Gasteiger partial charge in [0.2, 0.25) is 11.8 Å². The van der Waals surface area contributed by atoms with Crippen molar-refractivity contribution in [1.82, 2.24) is 10.2 Å². The largest absolute Gasteiger partial charge is 0.341 e. The molecule has 2 aromatic carbocycles. The van der Waals surface area contributed by atoms with Crippen LogP contribution in [0.1, 0.15) is 34.0 Å².